The van der Waals surface area contributed by atoms with Gasteiger partial charge in [0.25, 0.3) is 5.91 Å². The lowest BCUT2D eigenvalue weighted by atomic mass is 10.2. The van der Waals surface area contributed by atoms with Gasteiger partial charge in [0.15, 0.2) is 0 Å². The van der Waals surface area contributed by atoms with E-state index in [-0.39, 0.29) is 10.8 Å². The summed E-state index contributed by atoms with van der Waals surface area (Å²) in [6, 6.07) is 11.3. The molecular formula is C18H21IN2O4S. The second kappa shape index (κ2) is 8.83. The first-order chi connectivity index (χ1) is 12.3. The van der Waals surface area contributed by atoms with Gasteiger partial charge >= 0.3 is 0 Å². The smallest absolute Gasteiger partial charge is 0.255 e. The Morgan fingerprint density at radius 3 is 2.23 bits per heavy atom. The van der Waals surface area contributed by atoms with Crippen molar-refractivity contribution in [2.45, 2.75) is 18.7 Å². The van der Waals surface area contributed by atoms with E-state index in [9.17, 15) is 13.2 Å². The normalized spacial score (nSPS) is 11.4. The highest BCUT2D eigenvalue weighted by Crippen LogP contribution is 2.23. The maximum absolute atomic E-state index is 12.5. The van der Waals surface area contributed by atoms with Crippen LogP contribution in [0.3, 0.4) is 0 Å². The van der Waals surface area contributed by atoms with Gasteiger partial charge in [-0.25, -0.2) is 8.42 Å². The number of carbonyl (C=O) groups excluding carboxylic acids is 1. The van der Waals surface area contributed by atoms with Crippen LogP contribution in [0.15, 0.2) is 47.4 Å². The van der Waals surface area contributed by atoms with E-state index < -0.39 is 10.0 Å². The van der Waals surface area contributed by atoms with E-state index in [1.807, 2.05) is 0 Å². The molecule has 6 nitrogen and oxygen atoms in total. The van der Waals surface area contributed by atoms with E-state index in [0.717, 1.165) is 3.57 Å². The number of anilines is 1. The van der Waals surface area contributed by atoms with Crippen LogP contribution in [-0.4, -0.2) is 38.8 Å². The summed E-state index contributed by atoms with van der Waals surface area (Å²) in [4.78, 5) is 12.6. The van der Waals surface area contributed by atoms with Gasteiger partial charge in [0, 0.05) is 24.3 Å². The summed E-state index contributed by atoms with van der Waals surface area (Å²) in [7, 11) is -1.93. The molecule has 2 aromatic carbocycles. The minimum Gasteiger partial charge on any atom is -0.496 e. The van der Waals surface area contributed by atoms with E-state index in [1.165, 1.54) is 16.4 Å². The van der Waals surface area contributed by atoms with Gasteiger partial charge in [-0.15, -0.1) is 0 Å². The molecule has 0 atom stereocenters. The summed E-state index contributed by atoms with van der Waals surface area (Å²) in [6.07, 6.45) is 0. The first kappa shape index (κ1) is 20.7. The maximum Gasteiger partial charge on any atom is 0.255 e. The van der Waals surface area contributed by atoms with Crippen molar-refractivity contribution in [3.05, 3.63) is 51.6 Å². The Kier molecular flexibility index (Phi) is 7.01. The fourth-order valence-corrected chi connectivity index (χ4v) is 4.63. The number of nitrogens with one attached hydrogen (secondary N) is 1. The molecule has 0 radical (unpaired) electrons. The Balaban J connectivity index is 2.16. The van der Waals surface area contributed by atoms with Crippen molar-refractivity contribution in [3.63, 3.8) is 0 Å². The fraction of sp³-hybridized carbons (Fsp3) is 0.278. The Bertz CT molecular complexity index is 879. The van der Waals surface area contributed by atoms with Crippen molar-refractivity contribution in [1.82, 2.24) is 4.31 Å². The first-order valence-electron chi connectivity index (χ1n) is 8.08. The quantitative estimate of drug-likeness (QED) is 0.605. The number of carbonyl (C=O) groups is 1. The molecule has 0 aliphatic carbocycles. The summed E-state index contributed by atoms with van der Waals surface area (Å²) in [5, 5.41) is 2.77. The number of nitrogens with zero attached hydrogens (tertiary/aromatic N) is 1. The third kappa shape index (κ3) is 4.54. The summed E-state index contributed by atoms with van der Waals surface area (Å²) >= 11 is 2.10. The van der Waals surface area contributed by atoms with E-state index in [2.05, 4.69) is 27.9 Å². The zero-order valence-corrected chi connectivity index (χ0v) is 17.8. The van der Waals surface area contributed by atoms with Crippen molar-refractivity contribution in [3.8, 4) is 5.75 Å². The predicted octanol–water partition coefficient (Wildman–Crippen LogP) is 3.58. The molecule has 0 aromatic heterocycles. The summed E-state index contributed by atoms with van der Waals surface area (Å²) in [5.41, 5.74) is 1.02. The number of halogens is 1. The van der Waals surface area contributed by atoms with Gasteiger partial charge in [0.1, 0.15) is 5.75 Å². The Labute approximate surface area is 167 Å². The number of hydrogen-bond donors (Lipinski definition) is 1. The molecule has 0 unspecified atom stereocenters. The summed E-state index contributed by atoms with van der Waals surface area (Å²) in [5.74, 6) is 0.429. The van der Waals surface area contributed by atoms with Crippen molar-refractivity contribution in [2.75, 3.05) is 25.5 Å². The molecular weight excluding hydrogens is 467 g/mol. The van der Waals surface area contributed by atoms with Crippen molar-refractivity contribution < 1.29 is 17.9 Å². The van der Waals surface area contributed by atoms with E-state index in [0.29, 0.717) is 30.1 Å². The monoisotopic (exact) mass is 488 g/mol. The number of amides is 1. The number of hydrogen-bond acceptors (Lipinski definition) is 4. The van der Waals surface area contributed by atoms with Crippen LogP contribution in [0.25, 0.3) is 0 Å². The van der Waals surface area contributed by atoms with Gasteiger partial charge in [0.05, 0.1) is 15.6 Å². The van der Waals surface area contributed by atoms with Gasteiger partial charge in [-0.3, -0.25) is 4.79 Å². The van der Waals surface area contributed by atoms with Gasteiger partial charge in [0.2, 0.25) is 10.0 Å². The second-order valence-corrected chi connectivity index (χ2v) is 8.52. The van der Waals surface area contributed by atoms with Crippen molar-refractivity contribution in [2.24, 2.45) is 0 Å². The van der Waals surface area contributed by atoms with Gasteiger partial charge in [-0.1, -0.05) is 13.8 Å². The number of ether oxygens (including phenoxy) is 1. The highest BCUT2D eigenvalue weighted by Gasteiger charge is 2.21. The van der Waals surface area contributed by atoms with Crippen LogP contribution < -0.4 is 10.1 Å². The second-order valence-electron chi connectivity index (χ2n) is 5.42. The number of sulfonamides is 1. The molecule has 0 fully saturated rings. The molecule has 0 bridgehead atoms. The average molecular weight is 488 g/mol. The van der Waals surface area contributed by atoms with Crippen LogP contribution in [0.4, 0.5) is 5.69 Å². The third-order valence-electron chi connectivity index (χ3n) is 3.87. The lowest BCUT2D eigenvalue weighted by Gasteiger charge is -2.18. The molecule has 140 valence electrons. The fourth-order valence-electron chi connectivity index (χ4n) is 2.43. The number of benzene rings is 2. The zero-order valence-electron chi connectivity index (χ0n) is 14.8. The summed E-state index contributed by atoms with van der Waals surface area (Å²) < 4.78 is 32.3. The molecule has 0 saturated carbocycles. The molecule has 8 heteroatoms. The first-order valence-corrected chi connectivity index (χ1v) is 10.6. The Hall–Kier alpha value is -1.65. The average Bonchev–Trinajstić information content (AvgIpc) is 2.62. The minimum atomic E-state index is -3.51. The number of methoxy groups -OCH3 is 1. The van der Waals surface area contributed by atoms with Crippen LogP contribution in [0.5, 0.6) is 5.75 Å². The molecule has 2 rings (SSSR count). The molecule has 0 saturated heterocycles. The molecule has 0 aliphatic rings. The molecule has 0 aliphatic heterocycles. The van der Waals surface area contributed by atoms with Gasteiger partial charge < -0.3 is 10.1 Å². The Morgan fingerprint density at radius 1 is 1.12 bits per heavy atom. The van der Waals surface area contributed by atoms with Crippen molar-refractivity contribution in [1.29, 1.82) is 0 Å². The van der Waals surface area contributed by atoms with E-state index in [4.69, 9.17) is 4.74 Å². The minimum absolute atomic E-state index is 0.207. The van der Waals surface area contributed by atoms with Crippen LogP contribution in [-0.2, 0) is 10.0 Å². The lowest BCUT2D eigenvalue weighted by Crippen LogP contribution is -2.30. The molecule has 1 amide bonds. The molecule has 26 heavy (non-hydrogen) atoms. The topological polar surface area (TPSA) is 75.7 Å². The van der Waals surface area contributed by atoms with Gasteiger partial charge in [-0.05, 0) is 65.1 Å². The SMILES string of the molecule is CCN(CC)S(=O)(=O)c1ccc(NC(=O)c2ccc(OC)c(I)c2)cc1. The van der Waals surface area contributed by atoms with E-state index in [1.54, 1.807) is 51.3 Å². The van der Waals surface area contributed by atoms with Crippen LogP contribution >= 0.6 is 22.6 Å². The highest BCUT2D eigenvalue weighted by atomic mass is 127. The largest absolute Gasteiger partial charge is 0.496 e. The van der Waals surface area contributed by atoms with Crippen LogP contribution in [0, 0.1) is 3.57 Å². The lowest BCUT2D eigenvalue weighted by molar-refractivity contribution is 0.102. The molecule has 1 N–H and O–H groups in total. The summed E-state index contributed by atoms with van der Waals surface area (Å²) in [6.45, 7) is 4.42. The van der Waals surface area contributed by atoms with Crippen LogP contribution in [0.2, 0.25) is 0 Å². The van der Waals surface area contributed by atoms with Crippen LogP contribution in [0.1, 0.15) is 24.2 Å². The number of rotatable bonds is 7. The predicted molar refractivity (Wildman–Crippen MR) is 110 cm³/mol. The molecule has 0 heterocycles. The maximum atomic E-state index is 12.5. The third-order valence-corrected chi connectivity index (χ3v) is 6.78. The van der Waals surface area contributed by atoms with Crippen molar-refractivity contribution >= 4 is 44.2 Å². The molecule has 2 aromatic rings. The standard InChI is InChI=1S/C18H21IN2O4S/c1-4-21(5-2)26(23,24)15-9-7-14(8-10-15)20-18(22)13-6-11-17(25-3)16(19)12-13/h6-12H,4-5H2,1-3H3,(H,20,22). The van der Waals surface area contributed by atoms with E-state index >= 15 is 0 Å². The Morgan fingerprint density at radius 2 is 1.73 bits per heavy atom. The zero-order chi connectivity index (χ0) is 19.3. The van der Waals surface area contributed by atoms with Gasteiger partial charge in [-0.2, -0.15) is 4.31 Å². The molecule has 0 spiro atoms. The highest BCUT2D eigenvalue weighted by molar-refractivity contribution is 14.1.